The van der Waals surface area contributed by atoms with Crippen LogP contribution >= 0.6 is 0 Å². The highest BCUT2D eigenvalue weighted by Crippen LogP contribution is 2.35. The maximum Gasteiger partial charge on any atom is 0.278 e. The number of hydrogen-bond donors (Lipinski definition) is 1. The molecule has 0 bridgehead atoms. The van der Waals surface area contributed by atoms with Gasteiger partial charge in [0, 0.05) is 37.6 Å². The van der Waals surface area contributed by atoms with E-state index >= 15 is 0 Å². The van der Waals surface area contributed by atoms with Gasteiger partial charge in [0.2, 0.25) is 0 Å². The Morgan fingerprint density at radius 2 is 1.75 bits per heavy atom. The van der Waals surface area contributed by atoms with Crippen molar-refractivity contribution in [2.75, 3.05) is 38.0 Å². The third-order valence-electron chi connectivity index (χ3n) is 4.51. The summed E-state index contributed by atoms with van der Waals surface area (Å²) in [6.07, 6.45) is 1.53. The minimum atomic E-state index is -0.387. The lowest BCUT2D eigenvalue weighted by atomic mass is 10.0. The summed E-state index contributed by atoms with van der Waals surface area (Å²) in [4.78, 5) is 29.1. The van der Waals surface area contributed by atoms with Crippen molar-refractivity contribution in [2.24, 2.45) is 0 Å². The minimum Gasteiger partial charge on any atom is -0.496 e. The van der Waals surface area contributed by atoms with E-state index < -0.39 is 0 Å². The van der Waals surface area contributed by atoms with Crippen LogP contribution in [0, 0.1) is 0 Å². The van der Waals surface area contributed by atoms with E-state index in [0.717, 1.165) is 11.4 Å². The van der Waals surface area contributed by atoms with Crippen LogP contribution in [0.1, 0.15) is 5.56 Å². The van der Waals surface area contributed by atoms with Gasteiger partial charge in [-0.3, -0.25) is 14.5 Å². The lowest BCUT2D eigenvalue weighted by Gasteiger charge is -2.14. The van der Waals surface area contributed by atoms with Gasteiger partial charge in [-0.25, -0.2) is 0 Å². The van der Waals surface area contributed by atoms with Gasteiger partial charge in [0.25, 0.3) is 11.8 Å². The molecule has 1 aliphatic rings. The van der Waals surface area contributed by atoms with E-state index in [9.17, 15) is 9.59 Å². The second-order valence-corrected chi connectivity index (χ2v) is 6.53. The average molecular weight is 377 g/mol. The summed E-state index contributed by atoms with van der Waals surface area (Å²) in [6.45, 7) is 3.79. The van der Waals surface area contributed by atoms with Crippen LogP contribution in [0.2, 0.25) is 0 Å². The Hall–Kier alpha value is -3.54. The maximum absolute atomic E-state index is 13.0. The molecule has 1 heterocycles. The quantitative estimate of drug-likeness (QED) is 0.593. The standard InChI is InChI=1S/C22H23N3O3/c1-5-14-25-21(26)19(17-8-6-7-9-18(17)28-4)20(22(25)27)23-15-10-12-16(13-11-15)24(2)3/h5-13,23H,1,14H2,2-4H3. The van der Waals surface area contributed by atoms with Crippen molar-refractivity contribution < 1.29 is 14.3 Å². The van der Waals surface area contributed by atoms with Gasteiger partial charge in [-0.15, -0.1) is 6.58 Å². The van der Waals surface area contributed by atoms with Crippen molar-refractivity contribution in [3.63, 3.8) is 0 Å². The molecule has 1 N–H and O–H groups in total. The van der Waals surface area contributed by atoms with Crippen molar-refractivity contribution in [1.82, 2.24) is 4.90 Å². The molecule has 0 spiro atoms. The summed E-state index contributed by atoms with van der Waals surface area (Å²) in [5, 5.41) is 3.13. The van der Waals surface area contributed by atoms with E-state index in [-0.39, 0.29) is 24.1 Å². The monoisotopic (exact) mass is 377 g/mol. The molecule has 0 aromatic heterocycles. The summed E-state index contributed by atoms with van der Waals surface area (Å²) in [6, 6.07) is 14.8. The van der Waals surface area contributed by atoms with Crippen molar-refractivity contribution in [3.05, 3.63) is 72.4 Å². The van der Waals surface area contributed by atoms with Crippen LogP contribution in [0.5, 0.6) is 5.75 Å². The highest BCUT2D eigenvalue weighted by Gasteiger charge is 2.39. The van der Waals surface area contributed by atoms with Crippen molar-refractivity contribution >= 4 is 28.8 Å². The molecule has 0 aliphatic carbocycles. The van der Waals surface area contributed by atoms with Crippen LogP contribution in [0.4, 0.5) is 11.4 Å². The van der Waals surface area contributed by atoms with Crippen LogP contribution in [0.25, 0.3) is 5.57 Å². The Kier molecular flexibility index (Phi) is 5.49. The summed E-state index contributed by atoms with van der Waals surface area (Å²) in [5.74, 6) is -0.231. The molecule has 0 saturated carbocycles. The van der Waals surface area contributed by atoms with Gasteiger partial charge >= 0.3 is 0 Å². The number of carbonyl (C=O) groups is 2. The molecule has 144 valence electrons. The maximum atomic E-state index is 13.0. The topological polar surface area (TPSA) is 61.9 Å². The molecule has 6 heteroatoms. The molecule has 2 aromatic rings. The van der Waals surface area contributed by atoms with E-state index in [0.29, 0.717) is 16.9 Å². The van der Waals surface area contributed by atoms with Crippen LogP contribution < -0.4 is 15.0 Å². The molecule has 28 heavy (non-hydrogen) atoms. The number of nitrogens with one attached hydrogen (secondary N) is 1. The van der Waals surface area contributed by atoms with Gasteiger partial charge < -0.3 is 15.0 Å². The lowest BCUT2D eigenvalue weighted by molar-refractivity contribution is -0.136. The number of methoxy groups -OCH3 is 1. The molecule has 2 aromatic carbocycles. The third-order valence-corrected chi connectivity index (χ3v) is 4.51. The fourth-order valence-electron chi connectivity index (χ4n) is 3.08. The number of ether oxygens (including phenoxy) is 1. The third kappa shape index (κ3) is 3.49. The minimum absolute atomic E-state index is 0.140. The fourth-order valence-corrected chi connectivity index (χ4v) is 3.08. The molecule has 0 radical (unpaired) electrons. The fraction of sp³-hybridized carbons (Fsp3) is 0.182. The number of para-hydroxylation sites is 1. The number of benzene rings is 2. The zero-order chi connectivity index (χ0) is 20.3. The van der Waals surface area contributed by atoms with Crippen molar-refractivity contribution in [3.8, 4) is 5.75 Å². The second kappa shape index (κ2) is 8.00. The SMILES string of the molecule is C=CCN1C(=O)C(Nc2ccc(N(C)C)cc2)=C(c2ccccc2OC)C1=O. The first-order valence-electron chi connectivity index (χ1n) is 8.87. The lowest BCUT2D eigenvalue weighted by Crippen LogP contribution is -2.32. The molecule has 1 aliphatic heterocycles. The van der Waals surface area contributed by atoms with E-state index in [4.69, 9.17) is 4.74 Å². The first kappa shape index (κ1) is 19.2. The van der Waals surface area contributed by atoms with Crippen LogP contribution in [-0.4, -0.2) is 44.5 Å². The molecule has 0 saturated heterocycles. The molecule has 2 amide bonds. The van der Waals surface area contributed by atoms with Crippen molar-refractivity contribution in [1.29, 1.82) is 0 Å². The zero-order valence-electron chi connectivity index (χ0n) is 16.2. The zero-order valence-corrected chi connectivity index (χ0v) is 16.2. The van der Waals surface area contributed by atoms with Gasteiger partial charge in [0.1, 0.15) is 11.4 Å². The second-order valence-electron chi connectivity index (χ2n) is 6.53. The van der Waals surface area contributed by atoms with Crippen LogP contribution in [-0.2, 0) is 9.59 Å². The first-order chi connectivity index (χ1) is 13.5. The predicted octanol–water partition coefficient (Wildman–Crippen LogP) is 3.14. The normalized spacial score (nSPS) is 13.8. The largest absolute Gasteiger partial charge is 0.496 e. The van der Waals surface area contributed by atoms with Crippen molar-refractivity contribution in [2.45, 2.75) is 0 Å². The average Bonchev–Trinajstić information content (AvgIpc) is 2.93. The molecule has 0 atom stereocenters. The van der Waals surface area contributed by atoms with E-state index in [1.54, 1.807) is 12.1 Å². The number of imide groups is 1. The Balaban J connectivity index is 2.07. The van der Waals surface area contributed by atoms with Crippen LogP contribution in [0.3, 0.4) is 0 Å². The number of hydrogen-bond acceptors (Lipinski definition) is 5. The number of amides is 2. The summed E-state index contributed by atoms with van der Waals surface area (Å²) in [7, 11) is 5.45. The van der Waals surface area contributed by atoms with Gasteiger partial charge in [-0.05, 0) is 30.3 Å². The summed E-state index contributed by atoms with van der Waals surface area (Å²) < 4.78 is 5.41. The molecule has 3 rings (SSSR count). The van der Waals surface area contributed by atoms with Gasteiger partial charge in [-0.2, -0.15) is 0 Å². The van der Waals surface area contributed by atoms with Crippen LogP contribution in [0.15, 0.2) is 66.9 Å². The Bertz CT molecular complexity index is 946. The highest BCUT2D eigenvalue weighted by atomic mass is 16.5. The molecular weight excluding hydrogens is 354 g/mol. The van der Waals surface area contributed by atoms with E-state index in [1.807, 2.05) is 55.4 Å². The Labute approximate surface area is 164 Å². The first-order valence-corrected chi connectivity index (χ1v) is 8.87. The Morgan fingerprint density at radius 3 is 2.36 bits per heavy atom. The van der Waals surface area contributed by atoms with E-state index in [2.05, 4.69) is 11.9 Å². The van der Waals surface area contributed by atoms with E-state index in [1.165, 1.54) is 18.1 Å². The molecule has 0 fully saturated rings. The summed E-state index contributed by atoms with van der Waals surface area (Å²) in [5.41, 5.74) is 2.85. The van der Waals surface area contributed by atoms with Gasteiger partial charge in [-0.1, -0.05) is 24.3 Å². The molecule has 0 unspecified atom stereocenters. The molecular formula is C22H23N3O3. The number of rotatable bonds is 7. The predicted molar refractivity (Wildman–Crippen MR) is 111 cm³/mol. The Morgan fingerprint density at radius 1 is 1.07 bits per heavy atom. The summed E-state index contributed by atoms with van der Waals surface area (Å²) >= 11 is 0. The number of anilines is 2. The van der Waals surface area contributed by atoms with Gasteiger partial charge in [0.15, 0.2) is 0 Å². The highest BCUT2D eigenvalue weighted by molar-refractivity contribution is 6.37. The smallest absolute Gasteiger partial charge is 0.278 e. The molecule has 6 nitrogen and oxygen atoms in total. The number of carbonyl (C=O) groups excluding carboxylic acids is 2. The number of nitrogens with zero attached hydrogens (tertiary/aromatic N) is 2. The van der Waals surface area contributed by atoms with Gasteiger partial charge in [0.05, 0.1) is 12.7 Å².